The lowest BCUT2D eigenvalue weighted by molar-refractivity contribution is -0.119. The lowest BCUT2D eigenvalue weighted by Crippen LogP contribution is -2.40. The van der Waals surface area contributed by atoms with Crippen LogP contribution in [0.1, 0.15) is 11.1 Å². The molecule has 1 aliphatic rings. The molecule has 7 nitrogen and oxygen atoms in total. The molecule has 1 heterocycles. The molecule has 1 N–H and O–H groups in total. The Hall–Kier alpha value is -2.26. The summed E-state index contributed by atoms with van der Waals surface area (Å²) < 4.78 is 36.8. The number of carbonyl (C=O) groups excluding carboxylic acids is 1. The number of nitrogens with zero attached hydrogens (tertiary/aromatic N) is 1. The molecule has 0 unspecified atom stereocenters. The molecule has 9 heteroatoms. The summed E-state index contributed by atoms with van der Waals surface area (Å²) in [7, 11) is -3.61. The maximum Gasteiger partial charge on any atom is 0.241 e. The number of benzene rings is 2. The van der Waals surface area contributed by atoms with E-state index in [2.05, 4.69) is 21.2 Å². The van der Waals surface area contributed by atoms with E-state index in [1.807, 2.05) is 13.0 Å². The number of rotatable bonds is 6. The summed E-state index contributed by atoms with van der Waals surface area (Å²) in [6, 6.07) is 10.5. The van der Waals surface area contributed by atoms with Crippen LogP contribution < -0.4 is 19.1 Å². The average Bonchev–Trinajstić information content (AvgIpc) is 3.07. The first-order valence-electron chi connectivity index (χ1n) is 8.13. The topological polar surface area (TPSA) is 84.9 Å². The van der Waals surface area contributed by atoms with Gasteiger partial charge in [-0.3, -0.25) is 9.10 Å². The van der Waals surface area contributed by atoms with Crippen molar-refractivity contribution < 1.29 is 22.7 Å². The molecule has 144 valence electrons. The van der Waals surface area contributed by atoms with Gasteiger partial charge in [0.05, 0.1) is 11.9 Å². The van der Waals surface area contributed by atoms with Gasteiger partial charge in [-0.15, -0.1) is 0 Å². The minimum Gasteiger partial charge on any atom is -0.454 e. The van der Waals surface area contributed by atoms with Crippen molar-refractivity contribution in [2.45, 2.75) is 13.5 Å². The van der Waals surface area contributed by atoms with E-state index in [1.54, 1.807) is 30.3 Å². The summed E-state index contributed by atoms with van der Waals surface area (Å²) in [5.74, 6) is 0.891. The summed E-state index contributed by atoms with van der Waals surface area (Å²) in [5, 5.41) is 2.74. The van der Waals surface area contributed by atoms with Crippen LogP contribution in [0.5, 0.6) is 11.5 Å². The first-order valence-corrected chi connectivity index (χ1v) is 10.8. The van der Waals surface area contributed by atoms with Gasteiger partial charge in [-0.1, -0.05) is 22.0 Å². The molecule has 2 aromatic carbocycles. The number of ether oxygens (including phenoxy) is 2. The highest BCUT2D eigenvalue weighted by Gasteiger charge is 2.21. The Morgan fingerprint density at radius 2 is 1.93 bits per heavy atom. The monoisotopic (exact) mass is 454 g/mol. The van der Waals surface area contributed by atoms with Crippen LogP contribution >= 0.6 is 15.9 Å². The molecule has 0 aromatic heterocycles. The molecule has 1 aliphatic heterocycles. The number of hydrogen-bond donors (Lipinski definition) is 1. The fraction of sp³-hybridized carbons (Fsp3) is 0.278. The second kappa shape index (κ2) is 7.77. The highest BCUT2D eigenvalue weighted by atomic mass is 79.9. The first kappa shape index (κ1) is 19.5. The van der Waals surface area contributed by atoms with Gasteiger partial charge in [0, 0.05) is 11.0 Å². The van der Waals surface area contributed by atoms with Gasteiger partial charge in [0.15, 0.2) is 11.5 Å². The molecule has 0 fully saturated rings. The normalized spacial score (nSPS) is 12.7. The van der Waals surface area contributed by atoms with Crippen molar-refractivity contribution in [1.29, 1.82) is 0 Å². The molecular formula is C18H19BrN2O5S. The molecule has 1 amide bonds. The van der Waals surface area contributed by atoms with Crippen LogP contribution in [0.2, 0.25) is 0 Å². The Bertz CT molecular complexity index is 978. The summed E-state index contributed by atoms with van der Waals surface area (Å²) in [5.41, 5.74) is 2.15. The molecule has 2 aromatic rings. The number of amides is 1. The Kier molecular flexibility index (Phi) is 5.61. The Labute approximate surface area is 166 Å². The van der Waals surface area contributed by atoms with Crippen LogP contribution in [-0.2, 0) is 21.4 Å². The van der Waals surface area contributed by atoms with Crippen molar-refractivity contribution in [3.63, 3.8) is 0 Å². The maximum absolute atomic E-state index is 12.3. The Balaban J connectivity index is 1.68. The van der Waals surface area contributed by atoms with Crippen molar-refractivity contribution in [3.05, 3.63) is 52.0 Å². The molecule has 0 aliphatic carbocycles. The summed E-state index contributed by atoms with van der Waals surface area (Å²) in [4.78, 5) is 12.3. The minimum atomic E-state index is -3.61. The van der Waals surface area contributed by atoms with Gasteiger partial charge >= 0.3 is 0 Å². The standard InChI is InChI=1S/C18H19BrN2O5S/c1-12-7-14(4-5-15(12)19)21(27(2,23)24)10-18(22)20-9-13-3-6-16-17(8-13)26-11-25-16/h3-8H,9-11H2,1-2H3,(H,20,22). The molecule has 0 spiro atoms. The van der Waals surface area contributed by atoms with Gasteiger partial charge in [0.25, 0.3) is 0 Å². The lowest BCUT2D eigenvalue weighted by atomic mass is 10.2. The predicted molar refractivity (Wildman–Crippen MR) is 105 cm³/mol. The molecule has 0 radical (unpaired) electrons. The zero-order valence-electron chi connectivity index (χ0n) is 14.9. The predicted octanol–water partition coefficient (Wildman–Crippen LogP) is 2.57. The van der Waals surface area contributed by atoms with Gasteiger partial charge in [-0.2, -0.15) is 0 Å². The second-order valence-corrected chi connectivity index (χ2v) is 8.93. The number of carbonyl (C=O) groups is 1. The fourth-order valence-electron chi connectivity index (χ4n) is 2.62. The largest absolute Gasteiger partial charge is 0.454 e. The Morgan fingerprint density at radius 3 is 2.63 bits per heavy atom. The molecule has 0 saturated heterocycles. The van der Waals surface area contributed by atoms with Gasteiger partial charge in [0.2, 0.25) is 22.7 Å². The minimum absolute atomic E-state index is 0.182. The van der Waals surface area contributed by atoms with Crippen molar-refractivity contribution in [1.82, 2.24) is 5.32 Å². The van der Waals surface area contributed by atoms with E-state index in [0.29, 0.717) is 17.2 Å². The lowest BCUT2D eigenvalue weighted by Gasteiger charge is -2.22. The van der Waals surface area contributed by atoms with Crippen molar-refractivity contribution in [3.8, 4) is 11.5 Å². The highest BCUT2D eigenvalue weighted by molar-refractivity contribution is 9.10. The fourth-order valence-corrected chi connectivity index (χ4v) is 3.72. The summed E-state index contributed by atoms with van der Waals surface area (Å²) >= 11 is 3.39. The quantitative estimate of drug-likeness (QED) is 0.724. The molecule has 0 atom stereocenters. The number of halogens is 1. The summed E-state index contributed by atoms with van der Waals surface area (Å²) in [6.45, 7) is 1.99. The van der Waals surface area contributed by atoms with Crippen molar-refractivity contribution >= 4 is 37.5 Å². The molecular weight excluding hydrogens is 436 g/mol. The van der Waals surface area contributed by atoms with Gasteiger partial charge in [-0.05, 0) is 48.4 Å². The molecule has 0 bridgehead atoms. The number of hydrogen-bond acceptors (Lipinski definition) is 5. The molecule has 3 rings (SSSR count). The average molecular weight is 455 g/mol. The van der Waals surface area contributed by atoms with E-state index >= 15 is 0 Å². The second-order valence-electron chi connectivity index (χ2n) is 6.17. The van der Waals surface area contributed by atoms with Gasteiger partial charge in [-0.25, -0.2) is 8.42 Å². The van der Waals surface area contributed by atoms with Crippen LogP contribution in [0.3, 0.4) is 0 Å². The van der Waals surface area contributed by atoms with E-state index in [4.69, 9.17) is 9.47 Å². The highest BCUT2D eigenvalue weighted by Crippen LogP contribution is 2.32. The maximum atomic E-state index is 12.3. The van der Waals surface area contributed by atoms with Crippen LogP contribution in [0.15, 0.2) is 40.9 Å². The third-order valence-electron chi connectivity index (χ3n) is 4.04. The molecule has 0 saturated carbocycles. The van der Waals surface area contributed by atoms with Gasteiger partial charge in [0.1, 0.15) is 6.54 Å². The van der Waals surface area contributed by atoms with E-state index < -0.39 is 15.9 Å². The Morgan fingerprint density at radius 1 is 1.19 bits per heavy atom. The number of nitrogens with one attached hydrogen (secondary N) is 1. The van der Waals surface area contributed by atoms with Gasteiger partial charge < -0.3 is 14.8 Å². The van der Waals surface area contributed by atoms with Crippen LogP contribution in [0.4, 0.5) is 5.69 Å². The van der Waals surface area contributed by atoms with Crippen molar-refractivity contribution in [2.75, 3.05) is 23.9 Å². The van der Waals surface area contributed by atoms with Crippen LogP contribution in [0.25, 0.3) is 0 Å². The van der Waals surface area contributed by atoms with E-state index in [1.165, 1.54) is 0 Å². The van der Waals surface area contributed by atoms with Crippen LogP contribution in [0, 0.1) is 6.92 Å². The van der Waals surface area contributed by atoms with Crippen molar-refractivity contribution in [2.24, 2.45) is 0 Å². The number of aryl methyl sites for hydroxylation is 1. The number of fused-ring (bicyclic) bond motifs is 1. The first-order chi connectivity index (χ1) is 12.7. The smallest absolute Gasteiger partial charge is 0.241 e. The zero-order valence-corrected chi connectivity index (χ0v) is 17.3. The third-order valence-corrected chi connectivity index (χ3v) is 6.07. The van der Waals surface area contributed by atoms with E-state index in [9.17, 15) is 13.2 Å². The SMILES string of the molecule is Cc1cc(N(CC(=O)NCc2ccc3c(c2)OCO3)S(C)(=O)=O)ccc1Br. The zero-order chi connectivity index (χ0) is 19.6. The third kappa shape index (κ3) is 4.72. The summed E-state index contributed by atoms with van der Waals surface area (Å²) in [6.07, 6.45) is 1.08. The van der Waals surface area contributed by atoms with Crippen LogP contribution in [-0.4, -0.2) is 33.9 Å². The van der Waals surface area contributed by atoms with E-state index in [-0.39, 0.29) is 19.9 Å². The number of sulfonamides is 1. The number of anilines is 1. The van der Waals surface area contributed by atoms with E-state index in [0.717, 1.165) is 26.2 Å². The molecule has 27 heavy (non-hydrogen) atoms.